The highest BCUT2D eigenvalue weighted by Gasteiger charge is 2.45. The fourth-order valence-corrected chi connectivity index (χ4v) is 4.69. The van der Waals surface area contributed by atoms with Crippen molar-refractivity contribution in [1.29, 1.82) is 0 Å². The average Bonchev–Trinajstić information content (AvgIpc) is 3.31. The summed E-state index contributed by atoms with van der Waals surface area (Å²) >= 11 is 0. The second kappa shape index (κ2) is 12.3. The van der Waals surface area contributed by atoms with Gasteiger partial charge in [-0.1, -0.05) is 18.2 Å². The minimum atomic E-state index is -1.57. The Balaban J connectivity index is 1.60. The molecule has 2 aliphatic rings. The average molecular weight is 535 g/mol. The van der Waals surface area contributed by atoms with Crippen LogP contribution in [0.15, 0.2) is 36.4 Å². The van der Waals surface area contributed by atoms with Gasteiger partial charge in [-0.05, 0) is 35.4 Å². The van der Waals surface area contributed by atoms with Crippen LogP contribution in [0.1, 0.15) is 28.7 Å². The predicted molar refractivity (Wildman–Crippen MR) is 134 cm³/mol. The first-order valence-corrected chi connectivity index (χ1v) is 12.2. The Morgan fingerprint density at radius 1 is 0.868 bits per heavy atom. The molecule has 11 heteroatoms. The summed E-state index contributed by atoms with van der Waals surface area (Å²) in [5.41, 5.74) is 2.37. The van der Waals surface area contributed by atoms with E-state index in [1.165, 1.54) is 7.11 Å². The lowest BCUT2D eigenvalue weighted by molar-refractivity contribution is -0.277. The van der Waals surface area contributed by atoms with E-state index in [0.29, 0.717) is 23.7 Å². The van der Waals surface area contributed by atoms with Crippen LogP contribution in [-0.2, 0) is 9.47 Å². The van der Waals surface area contributed by atoms with E-state index in [4.69, 9.17) is 28.4 Å². The molecule has 7 atom stereocenters. The summed E-state index contributed by atoms with van der Waals surface area (Å²) in [4.78, 5) is 0. The molecule has 0 bridgehead atoms. The van der Waals surface area contributed by atoms with Crippen LogP contribution in [0.2, 0.25) is 0 Å². The molecule has 0 aliphatic carbocycles. The molecule has 1 fully saturated rings. The van der Waals surface area contributed by atoms with Crippen LogP contribution in [0.3, 0.4) is 0 Å². The molecule has 2 aromatic rings. The first kappa shape index (κ1) is 28.1. The van der Waals surface area contributed by atoms with E-state index in [0.717, 1.165) is 11.1 Å². The van der Waals surface area contributed by atoms with Crippen LogP contribution >= 0.6 is 0 Å². The number of benzene rings is 2. The van der Waals surface area contributed by atoms with Crippen LogP contribution in [-0.4, -0.2) is 97.4 Å². The van der Waals surface area contributed by atoms with E-state index in [9.17, 15) is 25.5 Å². The molecular weight excluding hydrogens is 500 g/mol. The van der Waals surface area contributed by atoms with Crippen LogP contribution in [0.4, 0.5) is 0 Å². The Morgan fingerprint density at radius 2 is 1.63 bits per heavy atom. The van der Waals surface area contributed by atoms with Crippen molar-refractivity contribution in [2.75, 3.05) is 41.2 Å². The quantitative estimate of drug-likeness (QED) is 0.293. The van der Waals surface area contributed by atoms with Gasteiger partial charge in [0.2, 0.25) is 6.29 Å². The van der Waals surface area contributed by atoms with E-state index in [-0.39, 0.29) is 18.1 Å². The molecule has 2 aromatic carbocycles. The minimum absolute atomic E-state index is 0.183. The maximum absolute atomic E-state index is 10.3. The molecule has 0 amide bonds. The smallest absolute Gasteiger partial charge is 0.229 e. The van der Waals surface area contributed by atoms with Crippen molar-refractivity contribution in [1.82, 2.24) is 0 Å². The Morgan fingerprint density at radius 3 is 2.29 bits per heavy atom. The highest BCUT2D eigenvalue weighted by atomic mass is 16.7. The van der Waals surface area contributed by atoms with Gasteiger partial charge in [0, 0.05) is 12.7 Å². The van der Waals surface area contributed by atoms with Crippen LogP contribution in [0, 0.1) is 0 Å². The van der Waals surface area contributed by atoms with E-state index in [1.54, 1.807) is 32.4 Å². The molecule has 0 radical (unpaired) electrons. The second-order valence-electron chi connectivity index (χ2n) is 9.05. The lowest BCUT2D eigenvalue weighted by atomic mass is 9.90. The summed E-state index contributed by atoms with van der Waals surface area (Å²) in [6, 6.07) is 8.79. The minimum Gasteiger partial charge on any atom is -0.493 e. The van der Waals surface area contributed by atoms with Crippen LogP contribution in [0.25, 0.3) is 6.08 Å². The van der Waals surface area contributed by atoms with Crippen molar-refractivity contribution < 1.29 is 54.0 Å². The SMILES string of the molecule is COCC=Cc1cc(OC)c2c(c1)C(CO)C(c1ccc(OC3OC(CO)C(O)C(O)C3O)c(OC)c1)O2. The number of aliphatic hydroxyl groups is 5. The summed E-state index contributed by atoms with van der Waals surface area (Å²) in [6.45, 7) is -0.298. The molecule has 0 saturated carbocycles. The Hall–Kier alpha value is -2.90. The summed E-state index contributed by atoms with van der Waals surface area (Å²) < 4.78 is 33.6. The van der Waals surface area contributed by atoms with Gasteiger partial charge in [0.1, 0.15) is 30.5 Å². The standard InChI is InChI=1S/C27H34O11/c1-33-8-4-5-14-9-16-17(12-28)25(38-26(16)20(10-14)35-3)15-6-7-18(19(11-15)34-2)36-27-24(32)23(31)22(30)21(13-29)37-27/h4-7,9-11,17,21-25,27-32H,8,12-13H2,1-3H3. The van der Waals surface area contributed by atoms with E-state index >= 15 is 0 Å². The molecule has 7 unspecified atom stereocenters. The van der Waals surface area contributed by atoms with Crippen molar-refractivity contribution in [2.45, 2.75) is 42.7 Å². The van der Waals surface area contributed by atoms with Gasteiger partial charge < -0.3 is 54.0 Å². The van der Waals surface area contributed by atoms with Crippen molar-refractivity contribution in [3.05, 3.63) is 53.1 Å². The molecule has 1 saturated heterocycles. The van der Waals surface area contributed by atoms with Gasteiger partial charge >= 0.3 is 0 Å². The maximum atomic E-state index is 10.3. The zero-order valence-electron chi connectivity index (χ0n) is 21.4. The molecule has 0 aromatic heterocycles. The van der Waals surface area contributed by atoms with E-state index in [1.807, 2.05) is 24.3 Å². The van der Waals surface area contributed by atoms with Gasteiger partial charge in [0.05, 0.1) is 40.0 Å². The summed E-state index contributed by atoms with van der Waals surface area (Å²) in [7, 11) is 4.61. The van der Waals surface area contributed by atoms with E-state index in [2.05, 4.69) is 0 Å². The van der Waals surface area contributed by atoms with Crippen molar-refractivity contribution >= 4 is 6.08 Å². The third-order valence-electron chi connectivity index (χ3n) is 6.71. The van der Waals surface area contributed by atoms with Crippen molar-refractivity contribution in [3.63, 3.8) is 0 Å². The van der Waals surface area contributed by atoms with E-state index < -0.39 is 49.3 Å². The number of methoxy groups -OCH3 is 3. The number of rotatable bonds is 10. The fraction of sp³-hybridized carbons (Fsp3) is 0.481. The summed E-state index contributed by atoms with van der Waals surface area (Å²) in [5, 5.41) is 50.1. The third kappa shape index (κ3) is 5.45. The fourth-order valence-electron chi connectivity index (χ4n) is 4.69. The first-order chi connectivity index (χ1) is 18.4. The molecule has 2 heterocycles. The molecule has 38 heavy (non-hydrogen) atoms. The first-order valence-electron chi connectivity index (χ1n) is 12.2. The zero-order valence-corrected chi connectivity index (χ0v) is 21.4. The lowest BCUT2D eigenvalue weighted by Gasteiger charge is -2.39. The Labute approximate surface area is 220 Å². The van der Waals surface area contributed by atoms with Crippen molar-refractivity contribution in [2.24, 2.45) is 0 Å². The Kier molecular flexibility index (Phi) is 9.11. The summed E-state index contributed by atoms with van der Waals surface area (Å²) in [6.07, 6.45) is -3.89. The molecule has 2 aliphatic heterocycles. The second-order valence-corrected chi connectivity index (χ2v) is 9.05. The maximum Gasteiger partial charge on any atom is 0.229 e. The molecule has 0 spiro atoms. The molecular formula is C27H34O11. The van der Waals surface area contributed by atoms with Gasteiger partial charge in [-0.3, -0.25) is 0 Å². The third-order valence-corrected chi connectivity index (χ3v) is 6.71. The van der Waals surface area contributed by atoms with Gasteiger partial charge in [-0.2, -0.15) is 0 Å². The predicted octanol–water partition coefficient (Wildman–Crippen LogP) is 0.752. The monoisotopic (exact) mass is 534 g/mol. The lowest BCUT2D eigenvalue weighted by Crippen LogP contribution is -2.60. The topological polar surface area (TPSA) is 157 Å². The van der Waals surface area contributed by atoms with Crippen molar-refractivity contribution in [3.8, 4) is 23.0 Å². The van der Waals surface area contributed by atoms with Crippen LogP contribution < -0.4 is 18.9 Å². The normalized spacial score (nSPS) is 28.7. The molecule has 5 N–H and O–H groups in total. The number of fused-ring (bicyclic) bond motifs is 1. The van der Waals surface area contributed by atoms with Gasteiger partial charge in [0.15, 0.2) is 23.0 Å². The van der Waals surface area contributed by atoms with Crippen LogP contribution in [0.5, 0.6) is 23.0 Å². The Bertz CT molecular complexity index is 1120. The highest BCUT2D eigenvalue weighted by Crippen LogP contribution is 2.51. The number of hydrogen-bond donors (Lipinski definition) is 5. The highest BCUT2D eigenvalue weighted by molar-refractivity contribution is 5.62. The molecule has 11 nitrogen and oxygen atoms in total. The summed E-state index contributed by atoms with van der Waals surface area (Å²) in [5.74, 6) is 1.17. The van der Waals surface area contributed by atoms with Gasteiger partial charge in [-0.15, -0.1) is 0 Å². The molecule has 208 valence electrons. The number of aliphatic hydroxyl groups excluding tert-OH is 5. The molecule has 4 rings (SSSR count). The number of ether oxygens (including phenoxy) is 6. The zero-order chi connectivity index (χ0) is 27.4. The number of hydrogen-bond acceptors (Lipinski definition) is 11. The van der Waals surface area contributed by atoms with Gasteiger partial charge in [-0.25, -0.2) is 0 Å². The van der Waals surface area contributed by atoms with Gasteiger partial charge in [0.25, 0.3) is 0 Å². The largest absolute Gasteiger partial charge is 0.493 e.